The highest BCUT2D eigenvalue weighted by Gasteiger charge is 2.34. The lowest BCUT2D eigenvalue weighted by molar-refractivity contribution is 0.209. The van der Waals surface area contributed by atoms with E-state index in [0.29, 0.717) is 41.8 Å². The van der Waals surface area contributed by atoms with Crippen LogP contribution in [0.5, 0.6) is 11.5 Å². The molecule has 12 heteroatoms. The lowest BCUT2D eigenvalue weighted by Gasteiger charge is -2.18. The molecule has 0 radical (unpaired) electrons. The summed E-state index contributed by atoms with van der Waals surface area (Å²) in [5.41, 5.74) is 1.00. The van der Waals surface area contributed by atoms with E-state index in [1.54, 1.807) is 36.4 Å². The summed E-state index contributed by atoms with van der Waals surface area (Å²) >= 11 is 0. The summed E-state index contributed by atoms with van der Waals surface area (Å²) in [6.45, 7) is 4.05. The van der Waals surface area contributed by atoms with E-state index in [1.807, 2.05) is 0 Å². The van der Waals surface area contributed by atoms with Crippen LogP contribution in [0.1, 0.15) is 12.8 Å². The first-order valence-electron chi connectivity index (χ1n) is 13.1. The Bertz CT molecular complexity index is 1350. The molecule has 3 heterocycles. The number of pyridine rings is 1. The molecular formula is C28H30FN7O4. The summed E-state index contributed by atoms with van der Waals surface area (Å²) in [5.74, 6) is 0.933. The van der Waals surface area contributed by atoms with E-state index in [9.17, 15) is 18.8 Å². The van der Waals surface area contributed by atoms with Gasteiger partial charge in [0.25, 0.3) is 0 Å². The van der Waals surface area contributed by atoms with Crippen molar-refractivity contribution >= 4 is 35.3 Å². The summed E-state index contributed by atoms with van der Waals surface area (Å²) < 4.78 is 19.1. The molecule has 208 valence electrons. The van der Waals surface area contributed by atoms with E-state index < -0.39 is 17.9 Å². The second-order valence-corrected chi connectivity index (χ2v) is 9.43. The third-order valence-electron chi connectivity index (χ3n) is 6.62. The zero-order chi connectivity index (χ0) is 27.9. The molecule has 3 aromatic rings. The maximum absolute atomic E-state index is 13.2. The first-order chi connectivity index (χ1) is 19.4. The lowest BCUT2D eigenvalue weighted by Crippen LogP contribution is -2.39. The molecule has 2 fully saturated rings. The van der Waals surface area contributed by atoms with Crippen molar-refractivity contribution in [1.29, 1.82) is 0 Å². The summed E-state index contributed by atoms with van der Waals surface area (Å²) in [6, 6.07) is 14.1. The lowest BCUT2D eigenvalue weighted by atomic mass is 10.3. The van der Waals surface area contributed by atoms with Crippen LogP contribution in [0.4, 0.5) is 36.0 Å². The number of urea groups is 3. The van der Waals surface area contributed by atoms with E-state index in [1.165, 1.54) is 48.2 Å². The number of aromatic nitrogens is 1. The molecule has 0 atom stereocenters. The number of anilines is 3. The van der Waals surface area contributed by atoms with Crippen LogP contribution in [-0.4, -0.2) is 72.1 Å². The molecule has 2 saturated heterocycles. The molecule has 0 unspecified atom stereocenters. The molecule has 6 amide bonds. The SMILES string of the molecule is O=C(NCCN1CCCC1)Nc1cc(Oc2ccc(NC(=O)N3CCN(c4ccc(F)cc4)C3=O)cc2)ccn1. The standard InChI is InChI=1S/C28H30FN7O4/c29-20-3-7-22(8-4-20)35-17-18-36(28(35)39)27(38)32-21-5-9-23(10-6-21)40-24-11-12-30-25(19-24)33-26(37)31-13-16-34-14-1-2-15-34/h3-12,19H,1-2,13-18H2,(H,32,38)(H2,30,31,33,37). The summed E-state index contributed by atoms with van der Waals surface area (Å²) in [6.07, 6.45) is 3.95. The van der Waals surface area contributed by atoms with E-state index in [-0.39, 0.29) is 12.6 Å². The van der Waals surface area contributed by atoms with Crippen LogP contribution in [0.25, 0.3) is 0 Å². The van der Waals surface area contributed by atoms with Crippen LogP contribution >= 0.6 is 0 Å². The van der Waals surface area contributed by atoms with Gasteiger partial charge in [-0.1, -0.05) is 0 Å². The minimum atomic E-state index is -0.563. The van der Waals surface area contributed by atoms with Gasteiger partial charge in [-0.15, -0.1) is 0 Å². The Labute approximate surface area is 230 Å². The van der Waals surface area contributed by atoms with Gasteiger partial charge in [0.2, 0.25) is 0 Å². The zero-order valence-corrected chi connectivity index (χ0v) is 21.8. The van der Waals surface area contributed by atoms with Gasteiger partial charge in [0.15, 0.2) is 0 Å². The fraction of sp³-hybridized carbons (Fsp3) is 0.286. The number of carbonyl (C=O) groups is 3. The van der Waals surface area contributed by atoms with Crippen LogP contribution < -0.4 is 25.6 Å². The number of rotatable bonds is 8. The van der Waals surface area contributed by atoms with Crippen LogP contribution in [0.2, 0.25) is 0 Å². The molecule has 2 aliphatic rings. The molecular weight excluding hydrogens is 517 g/mol. The Morgan fingerprint density at radius 2 is 1.65 bits per heavy atom. The Balaban J connectivity index is 1.10. The molecule has 11 nitrogen and oxygen atoms in total. The number of halogens is 1. The average Bonchev–Trinajstić information content (AvgIpc) is 3.60. The second kappa shape index (κ2) is 12.4. The second-order valence-electron chi connectivity index (χ2n) is 9.43. The molecule has 0 saturated carbocycles. The summed E-state index contributed by atoms with van der Waals surface area (Å²) in [4.78, 5) is 46.6. The number of imide groups is 1. The van der Waals surface area contributed by atoms with E-state index in [2.05, 4.69) is 25.8 Å². The van der Waals surface area contributed by atoms with Crippen molar-refractivity contribution < 1.29 is 23.5 Å². The third kappa shape index (κ3) is 6.83. The fourth-order valence-electron chi connectivity index (χ4n) is 4.56. The van der Waals surface area contributed by atoms with Gasteiger partial charge < -0.3 is 20.3 Å². The number of hydrogen-bond donors (Lipinski definition) is 3. The fourth-order valence-corrected chi connectivity index (χ4v) is 4.56. The maximum atomic E-state index is 13.2. The number of amides is 6. The molecule has 40 heavy (non-hydrogen) atoms. The molecule has 3 N–H and O–H groups in total. The van der Waals surface area contributed by atoms with Crippen molar-refractivity contribution in [2.75, 3.05) is 54.8 Å². The van der Waals surface area contributed by atoms with Gasteiger partial charge in [-0.3, -0.25) is 10.2 Å². The Morgan fingerprint density at radius 1 is 0.900 bits per heavy atom. The number of hydrogen-bond acceptors (Lipinski definition) is 6. The van der Waals surface area contributed by atoms with Crippen LogP contribution in [0, 0.1) is 5.82 Å². The quantitative estimate of drug-likeness (QED) is 0.376. The van der Waals surface area contributed by atoms with Crippen molar-refractivity contribution in [3.63, 3.8) is 0 Å². The Morgan fingerprint density at radius 3 is 2.40 bits per heavy atom. The van der Waals surface area contributed by atoms with Gasteiger partial charge in [0, 0.05) is 43.3 Å². The predicted octanol–water partition coefficient (Wildman–Crippen LogP) is 4.70. The minimum Gasteiger partial charge on any atom is -0.457 e. The molecule has 2 aliphatic heterocycles. The Hall–Kier alpha value is -4.71. The first-order valence-corrected chi connectivity index (χ1v) is 13.1. The average molecular weight is 548 g/mol. The highest BCUT2D eigenvalue weighted by atomic mass is 19.1. The van der Waals surface area contributed by atoms with Gasteiger partial charge in [-0.2, -0.15) is 0 Å². The third-order valence-corrected chi connectivity index (χ3v) is 6.62. The van der Waals surface area contributed by atoms with Gasteiger partial charge >= 0.3 is 18.1 Å². The number of likely N-dealkylation sites (tertiary alicyclic amines) is 1. The Kier molecular flexibility index (Phi) is 8.35. The number of nitrogens with zero attached hydrogens (tertiary/aromatic N) is 4. The van der Waals surface area contributed by atoms with E-state index in [0.717, 1.165) is 24.5 Å². The predicted molar refractivity (Wildman–Crippen MR) is 148 cm³/mol. The molecule has 0 spiro atoms. The molecule has 0 bridgehead atoms. The van der Waals surface area contributed by atoms with Gasteiger partial charge in [0.05, 0.1) is 6.54 Å². The maximum Gasteiger partial charge on any atom is 0.332 e. The van der Waals surface area contributed by atoms with E-state index >= 15 is 0 Å². The number of ether oxygens (including phenoxy) is 1. The monoisotopic (exact) mass is 547 g/mol. The summed E-state index contributed by atoms with van der Waals surface area (Å²) in [5, 5.41) is 8.26. The van der Waals surface area contributed by atoms with Crippen LogP contribution in [-0.2, 0) is 0 Å². The molecule has 5 rings (SSSR count). The van der Waals surface area contributed by atoms with Crippen LogP contribution in [0.15, 0.2) is 66.9 Å². The number of nitrogens with one attached hydrogen (secondary N) is 3. The van der Waals surface area contributed by atoms with Crippen molar-refractivity contribution in [3.05, 3.63) is 72.7 Å². The highest BCUT2D eigenvalue weighted by molar-refractivity contribution is 6.08. The smallest absolute Gasteiger partial charge is 0.332 e. The van der Waals surface area contributed by atoms with Gasteiger partial charge in [-0.05, 0) is 80.5 Å². The van der Waals surface area contributed by atoms with E-state index in [4.69, 9.17) is 4.74 Å². The molecule has 0 aliphatic carbocycles. The van der Waals surface area contributed by atoms with Gasteiger partial charge in [-0.25, -0.2) is 28.7 Å². The summed E-state index contributed by atoms with van der Waals surface area (Å²) in [7, 11) is 0. The van der Waals surface area contributed by atoms with Crippen molar-refractivity contribution in [2.45, 2.75) is 12.8 Å². The highest BCUT2D eigenvalue weighted by Crippen LogP contribution is 2.25. The topological polar surface area (TPSA) is 119 Å². The van der Waals surface area contributed by atoms with Crippen molar-refractivity contribution in [1.82, 2.24) is 20.1 Å². The molecule has 1 aromatic heterocycles. The number of carbonyl (C=O) groups excluding carboxylic acids is 3. The van der Waals surface area contributed by atoms with Gasteiger partial charge in [0.1, 0.15) is 23.1 Å². The first kappa shape index (κ1) is 26.9. The largest absolute Gasteiger partial charge is 0.457 e. The number of benzene rings is 2. The normalized spacial score (nSPS) is 15.3. The van der Waals surface area contributed by atoms with Crippen molar-refractivity contribution in [3.8, 4) is 11.5 Å². The minimum absolute atomic E-state index is 0.206. The van der Waals surface area contributed by atoms with Crippen LogP contribution in [0.3, 0.4) is 0 Å². The van der Waals surface area contributed by atoms with Crippen molar-refractivity contribution in [2.24, 2.45) is 0 Å². The zero-order valence-electron chi connectivity index (χ0n) is 21.8. The molecule has 2 aromatic carbocycles.